The first-order chi connectivity index (χ1) is 5.43. The highest BCUT2D eigenvalue weighted by molar-refractivity contribution is 5.55. The summed E-state index contributed by atoms with van der Waals surface area (Å²) in [7, 11) is 0. The van der Waals surface area contributed by atoms with Crippen LogP contribution >= 0.6 is 0 Å². The third kappa shape index (κ3) is 3.21. The maximum atomic E-state index is 4.20. The number of nitrogens with zero attached hydrogens (tertiary/aromatic N) is 2. The van der Waals surface area contributed by atoms with Crippen LogP contribution in [0, 0.1) is 0 Å². The third-order valence-corrected chi connectivity index (χ3v) is 1.87. The van der Waals surface area contributed by atoms with Crippen LogP contribution in [0.5, 0.6) is 0 Å². The van der Waals surface area contributed by atoms with Crippen LogP contribution in [0.25, 0.3) is 0 Å². The summed E-state index contributed by atoms with van der Waals surface area (Å²) in [6.45, 7) is 6.72. The van der Waals surface area contributed by atoms with E-state index in [4.69, 9.17) is 0 Å². The lowest BCUT2D eigenvalue weighted by atomic mass is 10.1. The van der Waals surface area contributed by atoms with Gasteiger partial charge in [0.15, 0.2) is 0 Å². The van der Waals surface area contributed by atoms with Gasteiger partial charge < -0.3 is 4.90 Å². The van der Waals surface area contributed by atoms with Crippen LogP contribution in [0.1, 0.15) is 19.3 Å². The van der Waals surface area contributed by atoms with E-state index in [-0.39, 0.29) is 0 Å². The highest BCUT2D eigenvalue weighted by atomic mass is 15.1. The van der Waals surface area contributed by atoms with Gasteiger partial charge in [-0.1, -0.05) is 6.08 Å². The molecule has 0 aliphatic carbocycles. The zero-order valence-corrected chi connectivity index (χ0v) is 7.00. The maximum absolute atomic E-state index is 4.20. The fourth-order valence-corrected chi connectivity index (χ4v) is 1.27. The molecule has 0 bridgehead atoms. The van der Waals surface area contributed by atoms with Gasteiger partial charge in [0.2, 0.25) is 0 Å². The molecule has 0 spiro atoms. The lowest BCUT2D eigenvalue weighted by Gasteiger charge is -2.23. The minimum Gasteiger partial charge on any atom is -0.363 e. The van der Waals surface area contributed by atoms with Crippen molar-refractivity contribution in [1.29, 1.82) is 0 Å². The molecule has 1 fully saturated rings. The Labute approximate surface area is 68.6 Å². The van der Waals surface area contributed by atoms with E-state index in [1.165, 1.54) is 32.4 Å². The van der Waals surface area contributed by atoms with Crippen molar-refractivity contribution < 1.29 is 0 Å². The molecule has 0 unspecified atom stereocenters. The van der Waals surface area contributed by atoms with Crippen LogP contribution in [0.3, 0.4) is 0 Å². The molecule has 2 heteroatoms. The molecule has 2 nitrogen and oxygen atoms in total. The number of hydrogen-bond acceptors (Lipinski definition) is 1. The summed E-state index contributed by atoms with van der Waals surface area (Å²) in [5, 5.41) is 0. The van der Waals surface area contributed by atoms with Crippen LogP contribution in [-0.2, 0) is 0 Å². The Morgan fingerprint density at radius 1 is 1.27 bits per heavy atom. The Morgan fingerprint density at radius 2 is 2.00 bits per heavy atom. The molecule has 11 heavy (non-hydrogen) atoms. The molecular formula is C9H16N2. The van der Waals surface area contributed by atoms with Crippen molar-refractivity contribution in [2.75, 3.05) is 19.6 Å². The molecule has 0 radical (unpaired) electrons. The van der Waals surface area contributed by atoms with E-state index in [0.29, 0.717) is 0 Å². The molecular weight excluding hydrogens is 136 g/mol. The van der Waals surface area contributed by atoms with E-state index < -0.39 is 0 Å². The first-order valence-corrected chi connectivity index (χ1v) is 4.28. The number of aliphatic imine (C=N–C) groups is 1. The van der Waals surface area contributed by atoms with Crippen LogP contribution in [0.4, 0.5) is 0 Å². The zero-order valence-electron chi connectivity index (χ0n) is 7.00. The van der Waals surface area contributed by atoms with Crippen LogP contribution in [-0.4, -0.2) is 30.9 Å². The molecule has 0 atom stereocenters. The molecule has 1 aliphatic heterocycles. The first-order valence-electron chi connectivity index (χ1n) is 4.28. The summed E-state index contributed by atoms with van der Waals surface area (Å²) in [5.41, 5.74) is 0. The van der Waals surface area contributed by atoms with Gasteiger partial charge in [0.05, 0.1) is 12.9 Å². The van der Waals surface area contributed by atoms with E-state index >= 15 is 0 Å². The second-order valence-corrected chi connectivity index (χ2v) is 2.87. The standard InChI is InChI=1S/C9H16N2/c1-2-6-10-9-11-7-4-3-5-8-11/h2,9H,1,3-8H2. The summed E-state index contributed by atoms with van der Waals surface area (Å²) in [6.07, 6.45) is 7.80. The molecule has 0 saturated carbocycles. The van der Waals surface area contributed by atoms with Gasteiger partial charge in [-0.15, -0.1) is 6.58 Å². The van der Waals surface area contributed by atoms with Crippen molar-refractivity contribution in [1.82, 2.24) is 4.90 Å². The van der Waals surface area contributed by atoms with E-state index in [1.807, 2.05) is 12.4 Å². The van der Waals surface area contributed by atoms with Gasteiger partial charge in [-0.3, -0.25) is 4.99 Å². The SMILES string of the molecule is C=CCN=CN1CCCCC1. The average molecular weight is 152 g/mol. The monoisotopic (exact) mass is 152 g/mol. The highest BCUT2D eigenvalue weighted by Gasteiger charge is 2.04. The third-order valence-electron chi connectivity index (χ3n) is 1.87. The summed E-state index contributed by atoms with van der Waals surface area (Å²) in [6, 6.07) is 0. The molecule has 1 saturated heterocycles. The minimum atomic E-state index is 0.747. The molecule has 0 aromatic carbocycles. The average Bonchev–Trinajstić information content (AvgIpc) is 2.07. The smallest absolute Gasteiger partial charge is 0.0853 e. The quantitative estimate of drug-likeness (QED) is 0.341. The summed E-state index contributed by atoms with van der Waals surface area (Å²) in [4.78, 5) is 6.48. The lowest BCUT2D eigenvalue weighted by Crippen LogP contribution is -2.28. The second-order valence-electron chi connectivity index (χ2n) is 2.87. The number of rotatable bonds is 3. The molecule has 0 amide bonds. The van der Waals surface area contributed by atoms with E-state index in [0.717, 1.165) is 6.54 Å². The van der Waals surface area contributed by atoms with Gasteiger partial charge >= 0.3 is 0 Å². The molecule has 0 aromatic rings. The topological polar surface area (TPSA) is 15.6 Å². The fraction of sp³-hybridized carbons (Fsp3) is 0.667. The van der Waals surface area contributed by atoms with Crippen LogP contribution in [0.15, 0.2) is 17.6 Å². The summed E-state index contributed by atoms with van der Waals surface area (Å²) in [5.74, 6) is 0. The van der Waals surface area contributed by atoms with E-state index in [2.05, 4.69) is 16.5 Å². The molecule has 1 rings (SSSR count). The largest absolute Gasteiger partial charge is 0.363 e. The fourth-order valence-electron chi connectivity index (χ4n) is 1.27. The Bertz CT molecular complexity index is 134. The molecule has 0 aromatic heterocycles. The van der Waals surface area contributed by atoms with E-state index in [1.54, 1.807) is 0 Å². The Kier molecular flexibility index (Phi) is 3.73. The maximum Gasteiger partial charge on any atom is 0.0853 e. The van der Waals surface area contributed by atoms with Crippen molar-refractivity contribution in [3.63, 3.8) is 0 Å². The predicted octanol–water partition coefficient (Wildman–Crippen LogP) is 1.69. The van der Waals surface area contributed by atoms with Crippen molar-refractivity contribution in [3.8, 4) is 0 Å². The zero-order chi connectivity index (χ0) is 7.94. The summed E-state index contributed by atoms with van der Waals surface area (Å²) < 4.78 is 0. The Morgan fingerprint density at radius 3 is 2.64 bits per heavy atom. The second kappa shape index (κ2) is 4.94. The predicted molar refractivity (Wildman–Crippen MR) is 49.0 cm³/mol. The first kappa shape index (κ1) is 8.31. The van der Waals surface area contributed by atoms with E-state index in [9.17, 15) is 0 Å². The van der Waals surface area contributed by atoms with Gasteiger partial charge in [-0.2, -0.15) is 0 Å². The van der Waals surface area contributed by atoms with Crippen molar-refractivity contribution in [3.05, 3.63) is 12.7 Å². The van der Waals surface area contributed by atoms with Crippen molar-refractivity contribution in [2.45, 2.75) is 19.3 Å². The van der Waals surface area contributed by atoms with Crippen molar-refractivity contribution in [2.24, 2.45) is 4.99 Å². The number of hydrogen-bond donors (Lipinski definition) is 0. The molecule has 1 heterocycles. The van der Waals surface area contributed by atoms with Gasteiger partial charge in [-0.05, 0) is 19.3 Å². The van der Waals surface area contributed by atoms with Gasteiger partial charge in [-0.25, -0.2) is 0 Å². The molecule has 0 N–H and O–H groups in total. The lowest BCUT2D eigenvalue weighted by molar-refractivity contribution is 0.350. The van der Waals surface area contributed by atoms with Gasteiger partial charge in [0, 0.05) is 13.1 Å². The summed E-state index contributed by atoms with van der Waals surface area (Å²) >= 11 is 0. The Hall–Kier alpha value is -0.790. The van der Waals surface area contributed by atoms with Crippen LogP contribution < -0.4 is 0 Å². The van der Waals surface area contributed by atoms with Crippen LogP contribution in [0.2, 0.25) is 0 Å². The van der Waals surface area contributed by atoms with Gasteiger partial charge in [0.25, 0.3) is 0 Å². The van der Waals surface area contributed by atoms with Gasteiger partial charge in [0.1, 0.15) is 0 Å². The Balaban J connectivity index is 2.18. The molecule has 1 aliphatic rings. The van der Waals surface area contributed by atoms with Crippen molar-refractivity contribution >= 4 is 6.34 Å². The minimum absolute atomic E-state index is 0.747. The number of likely N-dealkylation sites (tertiary alicyclic amines) is 1. The molecule has 62 valence electrons. The number of piperidine rings is 1. The normalized spacial score (nSPS) is 19.1. The highest BCUT2D eigenvalue weighted by Crippen LogP contribution is 2.05.